The van der Waals surface area contributed by atoms with Crippen LogP contribution in [-0.2, 0) is 0 Å². The maximum absolute atomic E-state index is 12.8. The molecule has 2 heterocycles. The minimum absolute atomic E-state index is 0.0637. The molecule has 2 atom stereocenters. The van der Waals surface area contributed by atoms with Crippen molar-refractivity contribution in [2.75, 3.05) is 23.7 Å². The number of piperidine rings is 1. The van der Waals surface area contributed by atoms with Crippen molar-refractivity contribution in [1.82, 2.24) is 10.3 Å². The molecule has 1 aliphatic heterocycles. The second-order valence-corrected chi connectivity index (χ2v) is 8.92. The summed E-state index contributed by atoms with van der Waals surface area (Å²) in [4.78, 5) is 20.1. The summed E-state index contributed by atoms with van der Waals surface area (Å²) in [5.74, 6) is 3.91. The molecule has 1 aromatic rings. The monoisotopic (exact) mass is 359 g/mol. The van der Waals surface area contributed by atoms with Crippen LogP contribution in [-0.4, -0.2) is 35.8 Å². The number of amides is 1. The minimum Gasteiger partial charge on any atom is -0.356 e. The maximum atomic E-state index is 12.8. The highest BCUT2D eigenvalue weighted by atomic mass is 32.2. The van der Waals surface area contributed by atoms with E-state index >= 15 is 0 Å². The predicted molar refractivity (Wildman–Crippen MR) is 103 cm³/mol. The van der Waals surface area contributed by atoms with Gasteiger partial charge in [0.2, 0.25) is 0 Å². The molecule has 1 saturated heterocycles. The highest BCUT2D eigenvalue weighted by Gasteiger charge is 2.45. The van der Waals surface area contributed by atoms with Crippen LogP contribution in [0.1, 0.15) is 62.2 Å². The van der Waals surface area contributed by atoms with Gasteiger partial charge in [-0.25, -0.2) is 4.98 Å². The van der Waals surface area contributed by atoms with Crippen molar-refractivity contribution in [1.29, 1.82) is 0 Å². The lowest BCUT2D eigenvalue weighted by Gasteiger charge is -2.24. The van der Waals surface area contributed by atoms with Crippen molar-refractivity contribution in [3.05, 3.63) is 17.7 Å². The van der Waals surface area contributed by atoms with Gasteiger partial charge in [-0.2, -0.15) is 0 Å². The smallest absolute Gasteiger partial charge is 0.254 e. The lowest BCUT2D eigenvalue weighted by atomic mass is 9.95. The van der Waals surface area contributed by atoms with Crippen molar-refractivity contribution >= 4 is 23.5 Å². The fourth-order valence-corrected chi connectivity index (χ4v) is 5.06. The van der Waals surface area contributed by atoms with Crippen molar-refractivity contribution < 1.29 is 4.79 Å². The summed E-state index contributed by atoms with van der Waals surface area (Å²) in [6.45, 7) is 4.46. The molecule has 4 nitrogen and oxygen atoms in total. The highest BCUT2D eigenvalue weighted by molar-refractivity contribution is 7.99. The average molecular weight is 360 g/mol. The molecule has 0 radical (unpaired) electrons. The minimum atomic E-state index is 0.0637. The van der Waals surface area contributed by atoms with Gasteiger partial charge in [0.15, 0.2) is 0 Å². The van der Waals surface area contributed by atoms with Gasteiger partial charge in [-0.1, -0.05) is 26.2 Å². The van der Waals surface area contributed by atoms with Crippen LogP contribution in [0.25, 0.3) is 0 Å². The Morgan fingerprint density at radius 1 is 1.24 bits per heavy atom. The number of anilines is 1. The Morgan fingerprint density at radius 3 is 2.72 bits per heavy atom. The number of rotatable bonds is 6. The summed E-state index contributed by atoms with van der Waals surface area (Å²) < 4.78 is 0. The first-order valence-electron chi connectivity index (χ1n) is 9.94. The van der Waals surface area contributed by atoms with Crippen LogP contribution in [0.4, 0.5) is 5.82 Å². The standard InChI is InChI=1S/C20H29N3OS/c1-2-10-25-20-17(19(24)21-16-6-4-3-5-7-16)8-9-18(22-20)23-12-14-11-15(14)13-23/h8-9,14-16H,2-7,10-13H2,1H3,(H,21,24)/t14-,15+. The first kappa shape index (κ1) is 17.2. The molecule has 0 spiro atoms. The van der Waals surface area contributed by atoms with Crippen LogP contribution in [0.3, 0.4) is 0 Å². The molecule has 5 heteroatoms. The normalized spacial score (nSPS) is 25.7. The highest BCUT2D eigenvalue weighted by Crippen LogP contribution is 2.46. The molecule has 3 aliphatic rings. The maximum Gasteiger partial charge on any atom is 0.254 e. The SMILES string of the molecule is CCCSc1nc(N2C[C@H]3C[C@H]3C2)ccc1C(=O)NC1CCCCC1. The number of carbonyl (C=O) groups is 1. The topological polar surface area (TPSA) is 45.2 Å². The van der Waals surface area contributed by atoms with Gasteiger partial charge in [0.05, 0.1) is 5.56 Å². The largest absolute Gasteiger partial charge is 0.356 e. The van der Waals surface area contributed by atoms with Gasteiger partial charge in [0, 0.05) is 19.1 Å². The van der Waals surface area contributed by atoms with E-state index in [0.29, 0.717) is 6.04 Å². The van der Waals surface area contributed by atoms with E-state index in [9.17, 15) is 4.79 Å². The quantitative estimate of drug-likeness (QED) is 0.777. The van der Waals surface area contributed by atoms with Crippen molar-refractivity contribution in [3.8, 4) is 0 Å². The molecule has 3 fully saturated rings. The van der Waals surface area contributed by atoms with E-state index in [1.165, 1.54) is 25.7 Å². The van der Waals surface area contributed by atoms with Crippen molar-refractivity contribution in [2.45, 2.75) is 62.9 Å². The molecule has 0 aromatic carbocycles. The zero-order chi connectivity index (χ0) is 17.2. The van der Waals surface area contributed by atoms with Gasteiger partial charge in [0.25, 0.3) is 5.91 Å². The van der Waals surface area contributed by atoms with E-state index in [0.717, 1.165) is 66.3 Å². The van der Waals surface area contributed by atoms with E-state index in [1.54, 1.807) is 11.8 Å². The number of fused-ring (bicyclic) bond motifs is 1. The molecule has 1 aromatic heterocycles. The number of hydrogen-bond donors (Lipinski definition) is 1. The molecule has 2 saturated carbocycles. The van der Waals surface area contributed by atoms with Crippen LogP contribution in [0.5, 0.6) is 0 Å². The second-order valence-electron chi connectivity index (χ2n) is 7.84. The zero-order valence-corrected chi connectivity index (χ0v) is 16.0. The Balaban J connectivity index is 1.49. The molecule has 2 aliphatic carbocycles. The van der Waals surface area contributed by atoms with Gasteiger partial charge in [-0.05, 0) is 55.4 Å². The van der Waals surface area contributed by atoms with E-state index in [2.05, 4.69) is 23.2 Å². The number of hydrogen-bond acceptors (Lipinski definition) is 4. The number of thioether (sulfide) groups is 1. The number of nitrogens with zero attached hydrogens (tertiary/aromatic N) is 2. The number of aromatic nitrogens is 1. The zero-order valence-electron chi connectivity index (χ0n) is 15.2. The van der Waals surface area contributed by atoms with E-state index in [4.69, 9.17) is 4.98 Å². The number of nitrogens with one attached hydrogen (secondary N) is 1. The fraction of sp³-hybridized carbons (Fsp3) is 0.700. The third-order valence-corrected chi connectivity index (χ3v) is 6.97. The summed E-state index contributed by atoms with van der Waals surface area (Å²) in [5, 5.41) is 4.16. The lowest BCUT2D eigenvalue weighted by Crippen LogP contribution is -2.36. The Morgan fingerprint density at radius 2 is 2.00 bits per heavy atom. The van der Waals surface area contributed by atoms with Crippen LogP contribution in [0.2, 0.25) is 0 Å². The van der Waals surface area contributed by atoms with Gasteiger partial charge in [0.1, 0.15) is 10.8 Å². The summed E-state index contributed by atoms with van der Waals surface area (Å²) in [5.41, 5.74) is 0.761. The summed E-state index contributed by atoms with van der Waals surface area (Å²) >= 11 is 1.72. The molecular formula is C20H29N3OS. The Bertz CT molecular complexity index is 619. The molecular weight excluding hydrogens is 330 g/mol. The van der Waals surface area contributed by atoms with Gasteiger partial charge in [-0.3, -0.25) is 4.79 Å². The third-order valence-electron chi connectivity index (χ3n) is 5.78. The first-order chi connectivity index (χ1) is 12.2. The average Bonchev–Trinajstić information content (AvgIpc) is 3.26. The summed E-state index contributed by atoms with van der Waals surface area (Å²) in [7, 11) is 0. The van der Waals surface area contributed by atoms with Crippen molar-refractivity contribution in [3.63, 3.8) is 0 Å². The van der Waals surface area contributed by atoms with Gasteiger partial charge >= 0.3 is 0 Å². The number of pyridine rings is 1. The molecule has 136 valence electrons. The van der Waals surface area contributed by atoms with Gasteiger partial charge in [-0.15, -0.1) is 11.8 Å². The predicted octanol–water partition coefficient (Wildman–Crippen LogP) is 4.10. The Hall–Kier alpha value is -1.23. The number of carbonyl (C=O) groups excluding carboxylic acids is 1. The third kappa shape index (κ3) is 3.97. The summed E-state index contributed by atoms with van der Waals surface area (Å²) in [6.07, 6.45) is 8.49. The Labute approximate surface area is 155 Å². The van der Waals surface area contributed by atoms with Crippen LogP contribution in [0, 0.1) is 11.8 Å². The van der Waals surface area contributed by atoms with Crippen LogP contribution >= 0.6 is 11.8 Å². The molecule has 25 heavy (non-hydrogen) atoms. The molecule has 1 amide bonds. The van der Waals surface area contributed by atoms with Crippen molar-refractivity contribution in [2.24, 2.45) is 11.8 Å². The van der Waals surface area contributed by atoms with E-state index in [1.807, 2.05) is 6.07 Å². The molecule has 1 N–H and O–H groups in total. The van der Waals surface area contributed by atoms with E-state index < -0.39 is 0 Å². The lowest BCUT2D eigenvalue weighted by molar-refractivity contribution is 0.0924. The fourth-order valence-electron chi connectivity index (χ4n) is 4.18. The molecule has 0 bridgehead atoms. The second kappa shape index (κ2) is 7.56. The molecule has 0 unspecified atom stereocenters. The Kier molecular flexibility index (Phi) is 5.20. The van der Waals surface area contributed by atoms with Crippen LogP contribution in [0.15, 0.2) is 17.2 Å². The summed E-state index contributed by atoms with van der Waals surface area (Å²) in [6, 6.07) is 4.40. The van der Waals surface area contributed by atoms with E-state index in [-0.39, 0.29) is 5.91 Å². The molecule has 4 rings (SSSR count). The van der Waals surface area contributed by atoms with Gasteiger partial charge < -0.3 is 10.2 Å². The van der Waals surface area contributed by atoms with Crippen LogP contribution < -0.4 is 10.2 Å². The first-order valence-corrected chi connectivity index (χ1v) is 10.9.